The highest BCUT2D eigenvalue weighted by molar-refractivity contribution is 6.13. The van der Waals surface area contributed by atoms with Crippen molar-refractivity contribution >= 4 is 51.3 Å². The maximum absolute atomic E-state index is 13.4. The molecule has 3 aliphatic rings. The van der Waals surface area contributed by atoms with Gasteiger partial charge in [-0.25, -0.2) is 9.78 Å². The Balaban J connectivity index is 0.936. The molecule has 4 amide bonds. The first-order valence-electron chi connectivity index (χ1n) is 16.7. The Kier molecular flexibility index (Phi) is 9.19. The summed E-state index contributed by atoms with van der Waals surface area (Å²) in [6.45, 7) is 2.42. The van der Waals surface area contributed by atoms with Crippen LogP contribution in [0.3, 0.4) is 0 Å². The maximum atomic E-state index is 13.4. The molecule has 5 heterocycles. The summed E-state index contributed by atoms with van der Waals surface area (Å²) in [4.78, 5) is 79.0. The number of aliphatic hydroxyl groups is 1. The number of cyclic esters (lactones) is 1. The molecule has 2 aromatic carbocycles. The fourth-order valence-corrected chi connectivity index (χ4v) is 6.83. The minimum Gasteiger partial charge on any atom is -0.458 e. The van der Waals surface area contributed by atoms with Crippen LogP contribution in [0.25, 0.3) is 33.1 Å². The van der Waals surface area contributed by atoms with Crippen molar-refractivity contribution < 1.29 is 38.6 Å². The Morgan fingerprint density at radius 3 is 2.57 bits per heavy atom. The smallest absolute Gasteiger partial charge is 0.340 e. The summed E-state index contributed by atoms with van der Waals surface area (Å²) >= 11 is 0. The second kappa shape index (κ2) is 13.9. The highest BCUT2D eigenvalue weighted by Gasteiger charge is 2.34. The van der Waals surface area contributed by atoms with E-state index >= 15 is 0 Å². The van der Waals surface area contributed by atoms with Crippen LogP contribution in [0, 0.1) is 6.92 Å². The normalized spacial score (nSPS) is 16.0. The van der Waals surface area contributed by atoms with E-state index in [2.05, 4.69) is 10.6 Å². The zero-order chi connectivity index (χ0) is 35.8. The quantitative estimate of drug-likeness (QED) is 0.0575. The number of hydrogen-bond donors (Lipinski definition) is 3. The molecule has 0 saturated heterocycles. The Bertz CT molecular complexity index is 2220. The highest BCUT2D eigenvalue weighted by atomic mass is 16.5. The number of carbonyl (C=O) groups is 5. The van der Waals surface area contributed by atoms with E-state index in [1.807, 2.05) is 37.3 Å². The molecule has 51 heavy (non-hydrogen) atoms. The number of amides is 4. The van der Waals surface area contributed by atoms with Crippen LogP contribution in [0.4, 0.5) is 0 Å². The summed E-state index contributed by atoms with van der Waals surface area (Å²) in [6.07, 6.45) is 3.04. The number of imide groups is 1. The molecule has 14 heteroatoms. The van der Waals surface area contributed by atoms with Gasteiger partial charge in [0.15, 0.2) is 6.10 Å². The van der Waals surface area contributed by atoms with Gasteiger partial charge in [0.2, 0.25) is 11.8 Å². The highest BCUT2D eigenvalue weighted by Crippen LogP contribution is 2.39. The average Bonchev–Trinajstić information content (AvgIpc) is 3.66. The predicted octanol–water partition coefficient (Wildman–Crippen LogP) is 2.17. The number of carbonyl (C=O) groups excluding carboxylic acids is 5. The second-order valence-electron chi connectivity index (χ2n) is 12.8. The van der Waals surface area contributed by atoms with Crippen LogP contribution in [-0.4, -0.2) is 69.0 Å². The fraction of sp³-hybridized carbons (Fsp3) is 0.324. The van der Waals surface area contributed by atoms with Gasteiger partial charge in [-0.2, -0.15) is 0 Å². The molecule has 1 unspecified atom stereocenters. The van der Waals surface area contributed by atoms with Crippen LogP contribution in [0.15, 0.2) is 53.3 Å². The molecule has 0 radical (unpaired) electrons. The van der Waals surface area contributed by atoms with Gasteiger partial charge in [-0.05, 0) is 59.9 Å². The monoisotopic (exact) mass is 693 g/mol. The van der Waals surface area contributed by atoms with Crippen molar-refractivity contribution in [3.63, 3.8) is 0 Å². The molecule has 4 aromatic rings. The number of rotatable bonds is 12. The van der Waals surface area contributed by atoms with E-state index in [1.165, 1.54) is 17.1 Å². The minimum absolute atomic E-state index is 0.0541. The van der Waals surface area contributed by atoms with E-state index < -0.39 is 18.0 Å². The van der Waals surface area contributed by atoms with Crippen molar-refractivity contribution in [2.45, 2.75) is 58.5 Å². The molecular weight excluding hydrogens is 658 g/mol. The molecule has 2 aromatic heterocycles. The largest absolute Gasteiger partial charge is 0.458 e. The number of unbranched alkanes of at least 4 members (excludes halogenated alkanes) is 2. The van der Waals surface area contributed by atoms with Crippen molar-refractivity contribution in [3.8, 4) is 11.4 Å². The summed E-state index contributed by atoms with van der Waals surface area (Å²) in [7, 11) is 0. The molecule has 7 rings (SSSR count). The Labute approximate surface area is 291 Å². The number of benzene rings is 2. The molecule has 0 bridgehead atoms. The summed E-state index contributed by atoms with van der Waals surface area (Å²) in [5.41, 5.74) is 4.87. The lowest BCUT2D eigenvalue weighted by molar-refractivity contribution is -0.157. The number of esters is 1. The van der Waals surface area contributed by atoms with E-state index in [0.29, 0.717) is 43.7 Å². The zero-order valence-corrected chi connectivity index (χ0v) is 27.8. The van der Waals surface area contributed by atoms with Crippen molar-refractivity contribution in [1.29, 1.82) is 0 Å². The van der Waals surface area contributed by atoms with E-state index in [1.54, 1.807) is 10.6 Å². The van der Waals surface area contributed by atoms with Gasteiger partial charge in [-0.3, -0.25) is 28.9 Å². The number of aromatic nitrogens is 2. The third kappa shape index (κ3) is 6.51. The average molecular weight is 694 g/mol. The van der Waals surface area contributed by atoms with Gasteiger partial charge < -0.3 is 29.8 Å². The van der Waals surface area contributed by atoms with Crippen LogP contribution in [-0.2, 0) is 53.2 Å². The van der Waals surface area contributed by atoms with Gasteiger partial charge in [0.05, 0.1) is 42.2 Å². The lowest BCUT2D eigenvalue weighted by atomic mass is 9.95. The van der Waals surface area contributed by atoms with Crippen LogP contribution >= 0.6 is 0 Å². The Morgan fingerprint density at radius 1 is 0.980 bits per heavy atom. The van der Waals surface area contributed by atoms with Crippen LogP contribution < -0.4 is 16.2 Å². The number of aryl methyl sites for hydroxylation is 1. The minimum atomic E-state index is -1.52. The fourth-order valence-electron chi connectivity index (χ4n) is 6.83. The number of hydrogen-bond acceptors (Lipinski definition) is 10. The molecule has 0 aliphatic carbocycles. The summed E-state index contributed by atoms with van der Waals surface area (Å²) in [5, 5.41) is 18.5. The first-order valence-corrected chi connectivity index (χ1v) is 16.7. The molecular formula is C37H35N5O9. The molecule has 262 valence electrons. The van der Waals surface area contributed by atoms with E-state index in [4.69, 9.17) is 14.5 Å². The third-order valence-corrected chi connectivity index (χ3v) is 9.55. The van der Waals surface area contributed by atoms with Crippen molar-refractivity contribution in [3.05, 3.63) is 86.7 Å². The van der Waals surface area contributed by atoms with Crippen molar-refractivity contribution in [2.75, 3.05) is 19.8 Å². The molecule has 0 spiro atoms. The molecule has 0 fully saturated rings. The zero-order valence-electron chi connectivity index (χ0n) is 27.8. The summed E-state index contributed by atoms with van der Waals surface area (Å²) in [6, 6.07) is 11.5. The lowest BCUT2D eigenvalue weighted by Gasteiger charge is -2.21. The van der Waals surface area contributed by atoms with Gasteiger partial charge >= 0.3 is 5.97 Å². The van der Waals surface area contributed by atoms with Crippen LogP contribution in [0.2, 0.25) is 0 Å². The van der Waals surface area contributed by atoms with Gasteiger partial charge in [-0.15, -0.1) is 0 Å². The molecule has 14 nitrogen and oxygen atoms in total. The lowest BCUT2D eigenvalue weighted by Crippen LogP contribution is -2.37. The molecule has 1 atom stereocenters. The standard InChI is InChI=1S/C37H35N5O9/c1-20-25-16-42-28(14-24-26(36(42)48)18-51-37(49)35(24)47)34(25)40-27-9-8-22-7-6-21(13-23(22)33(20)27)17-50-19-39-30(44)15-38-29(43)5-3-2-4-12-41-31(45)10-11-32(41)46/h6-11,13-14,35,47H,2-5,12,15-19H2,1H3,(H,38,43)(H,39,44). The van der Waals surface area contributed by atoms with Gasteiger partial charge in [0, 0.05) is 41.6 Å². The van der Waals surface area contributed by atoms with Crippen LogP contribution in [0.1, 0.15) is 59.6 Å². The maximum Gasteiger partial charge on any atom is 0.340 e. The molecule has 0 saturated carbocycles. The molecule has 3 N–H and O–H groups in total. The Hall–Kier alpha value is -5.73. The summed E-state index contributed by atoms with van der Waals surface area (Å²) in [5.74, 6) is -2.07. The van der Waals surface area contributed by atoms with Crippen molar-refractivity contribution in [1.82, 2.24) is 25.1 Å². The number of fused-ring (bicyclic) bond motifs is 7. The molecule has 3 aliphatic heterocycles. The van der Waals surface area contributed by atoms with E-state index in [0.717, 1.165) is 38.4 Å². The van der Waals surface area contributed by atoms with Crippen molar-refractivity contribution in [2.24, 2.45) is 0 Å². The van der Waals surface area contributed by atoms with Gasteiger partial charge in [0.25, 0.3) is 17.4 Å². The van der Waals surface area contributed by atoms with E-state index in [9.17, 15) is 33.9 Å². The van der Waals surface area contributed by atoms with Gasteiger partial charge in [-0.1, -0.05) is 24.6 Å². The van der Waals surface area contributed by atoms with E-state index in [-0.39, 0.29) is 67.3 Å². The Morgan fingerprint density at radius 2 is 1.76 bits per heavy atom. The SMILES string of the molecule is Cc1c2c(nc3ccc4ccc(COCNC(=O)CNC(=O)CCCCCN5C(=O)C=CC5=O)cc4c13)-c1cc3c(c(=O)n1C2)COC(=O)C3O. The topological polar surface area (TPSA) is 186 Å². The predicted molar refractivity (Wildman–Crippen MR) is 183 cm³/mol. The summed E-state index contributed by atoms with van der Waals surface area (Å²) < 4.78 is 12.3. The third-order valence-electron chi connectivity index (χ3n) is 9.55. The number of aliphatic hydroxyl groups excluding tert-OH is 1. The number of nitrogens with one attached hydrogen (secondary N) is 2. The number of nitrogens with zero attached hydrogens (tertiary/aromatic N) is 3. The number of ether oxygens (including phenoxy) is 2. The first kappa shape index (κ1) is 33.8. The number of pyridine rings is 2. The first-order chi connectivity index (χ1) is 24.6. The second-order valence-corrected chi connectivity index (χ2v) is 12.8. The van der Waals surface area contributed by atoms with Gasteiger partial charge in [0.1, 0.15) is 13.3 Å². The van der Waals surface area contributed by atoms with Crippen LogP contribution in [0.5, 0.6) is 0 Å².